The monoisotopic (exact) mass is 422 g/mol. The summed E-state index contributed by atoms with van der Waals surface area (Å²) in [5.74, 6) is 0.836. The second-order valence-electron chi connectivity index (χ2n) is 7.09. The molecule has 0 radical (unpaired) electrons. The quantitative estimate of drug-likeness (QED) is 0.578. The summed E-state index contributed by atoms with van der Waals surface area (Å²) >= 11 is 3.57. The number of halogens is 1. The van der Waals surface area contributed by atoms with Gasteiger partial charge in [0.05, 0.1) is 7.11 Å². The molecular formula is C19H27BrN4O2. The van der Waals surface area contributed by atoms with Gasteiger partial charge in [0, 0.05) is 42.6 Å². The lowest BCUT2D eigenvalue weighted by atomic mass is 9.96. The third kappa shape index (κ3) is 4.50. The second-order valence-corrected chi connectivity index (χ2v) is 8.01. The molecule has 26 heavy (non-hydrogen) atoms. The van der Waals surface area contributed by atoms with Gasteiger partial charge in [-0.3, -0.25) is 4.99 Å². The fraction of sp³-hybridized carbons (Fsp3) is 0.579. The van der Waals surface area contributed by atoms with Gasteiger partial charge in [-0.2, -0.15) is 0 Å². The third-order valence-electron chi connectivity index (χ3n) is 5.38. The molecule has 0 atom stereocenters. The Labute approximate surface area is 163 Å². The molecule has 2 aliphatic rings. The number of carbonyl (C=O) groups is 1. The summed E-state index contributed by atoms with van der Waals surface area (Å²) in [6.45, 7) is 2.30. The van der Waals surface area contributed by atoms with Crippen LogP contribution in [0.1, 0.15) is 31.2 Å². The van der Waals surface area contributed by atoms with E-state index < -0.39 is 0 Å². The highest BCUT2D eigenvalue weighted by atomic mass is 79.9. The molecule has 1 amide bonds. The number of carbonyl (C=O) groups excluding carboxylic acids is 1. The van der Waals surface area contributed by atoms with Crippen molar-refractivity contribution in [3.05, 3.63) is 34.3 Å². The number of hydrogen-bond donors (Lipinski definition) is 2. The summed E-state index contributed by atoms with van der Waals surface area (Å²) in [6.07, 6.45) is 3.95. The molecule has 6 nitrogen and oxygen atoms in total. The van der Waals surface area contributed by atoms with Crippen LogP contribution in [0.4, 0.5) is 4.79 Å². The normalized spacial score (nSPS) is 19.8. The van der Waals surface area contributed by atoms with E-state index in [1.165, 1.54) is 25.5 Å². The molecule has 0 unspecified atom stereocenters. The van der Waals surface area contributed by atoms with Gasteiger partial charge >= 0.3 is 6.09 Å². The summed E-state index contributed by atoms with van der Waals surface area (Å²) in [4.78, 5) is 17.7. The summed E-state index contributed by atoms with van der Waals surface area (Å²) in [5.41, 5.74) is 1.59. The molecule has 1 saturated carbocycles. The molecule has 0 aromatic heterocycles. The summed E-state index contributed by atoms with van der Waals surface area (Å²) in [5, 5.41) is 7.00. The van der Waals surface area contributed by atoms with Crippen LogP contribution < -0.4 is 10.6 Å². The zero-order chi connectivity index (χ0) is 18.6. The number of nitrogens with zero attached hydrogens (tertiary/aromatic N) is 2. The average Bonchev–Trinajstić information content (AvgIpc) is 3.46. The number of guanidine groups is 1. The first-order valence-corrected chi connectivity index (χ1v) is 9.92. The lowest BCUT2D eigenvalue weighted by Gasteiger charge is -2.32. The lowest BCUT2D eigenvalue weighted by Crippen LogP contribution is -2.50. The standard InChI is InChI=1S/C19H27BrN4O2/c1-21-17(23-16-6-10-24(11-7-16)18(25)26-2)22-13-19(8-9-19)14-4-3-5-15(20)12-14/h3-5,12,16H,6-11,13H2,1-2H3,(H2,21,22,23). The Balaban J connectivity index is 1.49. The van der Waals surface area contributed by atoms with E-state index in [1.54, 1.807) is 11.9 Å². The Kier molecular flexibility index (Phi) is 6.06. The highest BCUT2D eigenvalue weighted by molar-refractivity contribution is 9.10. The van der Waals surface area contributed by atoms with Crippen molar-refractivity contribution < 1.29 is 9.53 Å². The molecule has 1 aliphatic heterocycles. The Morgan fingerprint density at radius 2 is 2.12 bits per heavy atom. The molecular weight excluding hydrogens is 396 g/mol. The first-order valence-electron chi connectivity index (χ1n) is 9.12. The summed E-state index contributed by atoms with van der Waals surface area (Å²) in [7, 11) is 3.23. The number of aliphatic imine (C=N–C) groups is 1. The van der Waals surface area contributed by atoms with Gasteiger partial charge in [-0.05, 0) is 43.4 Å². The van der Waals surface area contributed by atoms with Crippen LogP contribution in [0.15, 0.2) is 33.7 Å². The van der Waals surface area contributed by atoms with Crippen molar-refractivity contribution >= 4 is 28.0 Å². The van der Waals surface area contributed by atoms with Gasteiger partial charge in [0.1, 0.15) is 0 Å². The highest BCUT2D eigenvalue weighted by Gasteiger charge is 2.44. The number of likely N-dealkylation sites (tertiary alicyclic amines) is 1. The highest BCUT2D eigenvalue weighted by Crippen LogP contribution is 2.48. The van der Waals surface area contributed by atoms with Gasteiger partial charge in [0.15, 0.2) is 5.96 Å². The van der Waals surface area contributed by atoms with E-state index in [9.17, 15) is 4.79 Å². The third-order valence-corrected chi connectivity index (χ3v) is 5.87. The number of piperidine rings is 1. The number of amides is 1. The van der Waals surface area contributed by atoms with E-state index in [1.807, 2.05) is 0 Å². The maximum atomic E-state index is 11.6. The first-order chi connectivity index (χ1) is 12.6. The molecule has 142 valence electrons. The van der Waals surface area contributed by atoms with Crippen molar-refractivity contribution in [2.24, 2.45) is 4.99 Å². The van der Waals surface area contributed by atoms with Gasteiger partial charge in [0.25, 0.3) is 0 Å². The molecule has 1 aromatic rings. The van der Waals surface area contributed by atoms with Crippen LogP contribution in [0.5, 0.6) is 0 Å². The Morgan fingerprint density at radius 1 is 1.38 bits per heavy atom. The number of rotatable bonds is 4. The molecule has 7 heteroatoms. The SMILES string of the molecule is CN=C(NCC1(c2cccc(Br)c2)CC1)NC1CCN(C(=O)OC)CC1. The first kappa shape index (κ1) is 19.0. The minimum atomic E-state index is -0.240. The predicted molar refractivity (Wildman–Crippen MR) is 107 cm³/mol. The van der Waals surface area contributed by atoms with Crippen LogP contribution in [0.25, 0.3) is 0 Å². The van der Waals surface area contributed by atoms with E-state index in [-0.39, 0.29) is 11.5 Å². The zero-order valence-corrected chi connectivity index (χ0v) is 17.0. The zero-order valence-electron chi connectivity index (χ0n) is 15.4. The number of ether oxygens (including phenoxy) is 1. The van der Waals surface area contributed by atoms with Gasteiger partial charge in [-0.1, -0.05) is 28.1 Å². The van der Waals surface area contributed by atoms with Crippen molar-refractivity contribution in [3.63, 3.8) is 0 Å². The van der Waals surface area contributed by atoms with Crippen LogP contribution in [0.2, 0.25) is 0 Å². The van der Waals surface area contributed by atoms with E-state index in [0.29, 0.717) is 19.1 Å². The molecule has 1 aromatic carbocycles. The Bertz CT molecular complexity index is 667. The van der Waals surface area contributed by atoms with Gasteiger partial charge in [-0.25, -0.2) is 4.79 Å². The van der Waals surface area contributed by atoms with E-state index in [0.717, 1.165) is 29.8 Å². The fourth-order valence-corrected chi connectivity index (χ4v) is 3.91. The van der Waals surface area contributed by atoms with E-state index in [2.05, 4.69) is 55.8 Å². The van der Waals surface area contributed by atoms with E-state index >= 15 is 0 Å². The van der Waals surface area contributed by atoms with Crippen LogP contribution in [0.3, 0.4) is 0 Å². The van der Waals surface area contributed by atoms with Crippen molar-refractivity contribution in [1.29, 1.82) is 0 Å². The van der Waals surface area contributed by atoms with Crippen molar-refractivity contribution in [2.45, 2.75) is 37.1 Å². The molecule has 0 spiro atoms. The number of nitrogens with one attached hydrogen (secondary N) is 2. The van der Waals surface area contributed by atoms with Crippen LogP contribution >= 0.6 is 15.9 Å². The van der Waals surface area contributed by atoms with Crippen LogP contribution in [-0.2, 0) is 10.2 Å². The minimum Gasteiger partial charge on any atom is -0.453 e. The second kappa shape index (κ2) is 8.29. The number of hydrogen-bond acceptors (Lipinski definition) is 3. The summed E-state index contributed by atoms with van der Waals surface area (Å²) < 4.78 is 5.91. The van der Waals surface area contributed by atoms with Gasteiger partial charge in [-0.15, -0.1) is 0 Å². The van der Waals surface area contributed by atoms with E-state index in [4.69, 9.17) is 4.74 Å². The molecule has 0 bridgehead atoms. The maximum Gasteiger partial charge on any atom is 0.409 e. The van der Waals surface area contributed by atoms with Gasteiger partial charge in [0.2, 0.25) is 0 Å². The molecule has 1 heterocycles. The smallest absolute Gasteiger partial charge is 0.409 e. The lowest BCUT2D eigenvalue weighted by molar-refractivity contribution is 0.111. The van der Waals surface area contributed by atoms with Crippen molar-refractivity contribution in [2.75, 3.05) is 33.8 Å². The predicted octanol–water partition coefficient (Wildman–Crippen LogP) is 2.88. The number of methoxy groups -OCH3 is 1. The molecule has 2 fully saturated rings. The Morgan fingerprint density at radius 3 is 2.69 bits per heavy atom. The topological polar surface area (TPSA) is 66.0 Å². The molecule has 1 aliphatic carbocycles. The van der Waals surface area contributed by atoms with Crippen LogP contribution in [-0.4, -0.2) is 56.8 Å². The fourth-order valence-electron chi connectivity index (χ4n) is 3.51. The molecule has 3 rings (SSSR count). The Hall–Kier alpha value is -1.76. The van der Waals surface area contributed by atoms with Crippen LogP contribution in [0, 0.1) is 0 Å². The largest absolute Gasteiger partial charge is 0.453 e. The van der Waals surface area contributed by atoms with Crippen molar-refractivity contribution in [1.82, 2.24) is 15.5 Å². The minimum absolute atomic E-state index is 0.218. The average molecular weight is 423 g/mol. The number of benzene rings is 1. The molecule has 1 saturated heterocycles. The molecule has 2 N–H and O–H groups in total. The maximum absolute atomic E-state index is 11.6. The van der Waals surface area contributed by atoms with Crippen molar-refractivity contribution in [3.8, 4) is 0 Å². The van der Waals surface area contributed by atoms with Gasteiger partial charge < -0.3 is 20.3 Å². The summed E-state index contributed by atoms with van der Waals surface area (Å²) in [6, 6.07) is 8.91.